The predicted octanol–water partition coefficient (Wildman–Crippen LogP) is 1.44. The van der Waals surface area contributed by atoms with Crippen LogP contribution in [0, 0.1) is 0 Å². The molecule has 0 radical (unpaired) electrons. The van der Waals surface area contributed by atoms with Crippen LogP contribution in [-0.4, -0.2) is 30.6 Å². The first-order chi connectivity index (χ1) is 10.2. The molecule has 0 saturated heterocycles. The molecule has 0 unspecified atom stereocenters. The quantitative estimate of drug-likeness (QED) is 0.837. The molecule has 6 heteroatoms. The van der Waals surface area contributed by atoms with Gasteiger partial charge in [0.1, 0.15) is 18.7 Å². The Morgan fingerprint density at radius 2 is 2.10 bits per heavy atom. The molecular formula is C15H24N6. The minimum Gasteiger partial charge on any atom is -0.310 e. The van der Waals surface area contributed by atoms with Crippen molar-refractivity contribution in [3.8, 4) is 0 Å². The van der Waals surface area contributed by atoms with E-state index in [1.165, 1.54) is 29.8 Å². The van der Waals surface area contributed by atoms with E-state index in [-0.39, 0.29) is 0 Å². The molecule has 2 aromatic heterocycles. The van der Waals surface area contributed by atoms with Gasteiger partial charge in [0.25, 0.3) is 0 Å². The fraction of sp³-hybridized carbons (Fsp3) is 0.667. The Morgan fingerprint density at radius 3 is 2.67 bits per heavy atom. The first-order valence-corrected chi connectivity index (χ1v) is 7.86. The van der Waals surface area contributed by atoms with Crippen molar-refractivity contribution < 1.29 is 0 Å². The maximum Gasteiger partial charge on any atom is 0.148 e. The molecule has 1 N–H and O–H groups in total. The van der Waals surface area contributed by atoms with Crippen molar-refractivity contribution in [2.24, 2.45) is 7.05 Å². The van der Waals surface area contributed by atoms with E-state index in [0.717, 1.165) is 31.3 Å². The van der Waals surface area contributed by atoms with Crippen LogP contribution in [0.2, 0.25) is 0 Å². The summed E-state index contributed by atoms with van der Waals surface area (Å²) < 4.78 is 3.92. The van der Waals surface area contributed by atoms with Crippen LogP contribution in [0.15, 0.2) is 6.33 Å². The van der Waals surface area contributed by atoms with E-state index >= 15 is 0 Å². The van der Waals surface area contributed by atoms with Crippen LogP contribution >= 0.6 is 0 Å². The first kappa shape index (κ1) is 14.3. The van der Waals surface area contributed by atoms with Crippen molar-refractivity contribution in [2.75, 3.05) is 0 Å². The van der Waals surface area contributed by atoms with E-state index in [9.17, 15) is 0 Å². The Hall–Kier alpha value is -1.69. The van der Waals surface area contributed by atoms with Gasteiger partial charge in [-0.05, 0) is 25.7 Å². The number of nitrogens with one attached hydrogen (secondary N) is 1. The van der Waals surface area contributed by atoms with Crippen molar-refractivity contribution in [1.82, 2.24) is 29.9 Å². The summed E-state index contributed by atoms with van der Waals surface area (Å²) in [6.07, 6.45) is 6.19. The monoisotopic (exact) mass is 288 g/mol. The van der Waals surface area contributed by atoms with Gasteiger partial charge in [0.05, 0.1) is 5.69 Å². The van der Waals surface area contributed by atoms with Crippen LogP contribution in [0.5, 0.6) is 0 Å². The van der Waals surface area contributed by atoms with Gasteiger partial charge in [-0.3, -0.25) is 9.36 Å². The zero-order valence-corrected chi connectivity index (χ0v) is 13.1. The third kappa shape index (κ3) is 3.00. The van der Waals surface area contributed by atoms with E-state index in [2.05, 4.69) is 33.9 Å². The Morgan fingerprint density at radius 1 is 1.29 bits per heavy atom. The highest BCUT2D eigenvalue weighted by atomic mass is 15.4. The minimum absolute atomic E-state index is 0.691. The van der Waals surface area contributed by atoms with Gasteiger partial charge in [-0.25, -0.2) is 4.98 Å². The van der Waals surface area contributed by atoms with Crippen molar-refractivity contribution in [2.45, 2.75) is 58.7 Å². The highest BCUT2D eigenvalue weighted by Gasteiger charge is 2.23. The SMILES string of the molecule is CCc1nn(Cc2ncnn2C)c(CC)c1CNC1CC1. The maximum absolute atomic E-state index is 4.81. The standard InChI is InChI=1S/C15H24N6/c1-4-13-12(8-16-11-6-7-11)14(5-2)21(19-13)9-15-17-10-18-20(15)3/h10-11,16H,4-9H2,1-3H3. The molecule has 1 saturated carbocycles. The number of rotatable bonds is 7. The molecule has 0 aromatic carbocycles. The molecular weight excluding hydrogens is 264 g/mol. The van der Waals surface area contributed by atoms with Crippen LogP contribution in [0.25, 0.3) is 0 Å². The lowest BCUT2D eigenvalue weighted by Crippen LogP contribution is -2.17. The third-order valence-corrected chi connectivity index (χ3v) is 4.16. The molecule has 0 spiro atoms. The molecule has 1 aliphatic rings. The van der Waals surface area contributed by atoms with Gasteiger partial charge in [0.15, 0.2) is 0 Å². The molecule has 0 atom stereocenters. The molecule has 114 valence electrons. The molecule has 6 nitrogen and oxygen atoms in total. The highest BCUT2D eigenvalue weighted by Crippen LogP contribution is 2.22. The number of aryl methyl sites for hydroxylation is 2. The number of nitrogens with zero attached hydrogens (tertiary/aromatic N) is 5. The van der Waals surface area contributed by atoms with Crippen molar-refractivity contribution in [3.63, 3.8) is 0 Å². The van der Waals surface area contributed by atoms with Crippen LogP contribution in [0.1, 0.15) is 49.5 Å². The van der Waals surface area contributed by atoms with Gasteiger partial charge in [0, 0.05) is 30.9 Å². The van der Waals surface area contributed by atoms with Gasteiger partial charge in [-0.1, -0.05) is 13.8 Å². The number of hydrogen-bond donors (Lipinski definition) is 1. The highest BCUT2D eigenvalue weighted by molar-refractivity contribution is 5.27. The predicted molar refractivity (Wildman–Crippen MR) is 80.9 cm³/mol. The van der Waals surface area contributed by atoms with Gasteiger partial charge in [-0.15, -0.1) is 0 Å². The summed E-state index contributed by atoms with van der Waals surface area (Å²) in [6, 6.07) is 0.724. The Bertz CT molecular complexity index is 608. The summed E-state index contributed by atoms with van der Waals surface area (Å²) in [5.41, 5.74) is 3.92. The fourth-order valence-electron chi connectivity index (χ4n) is 2.73. The Labute approximate surface area is 125 Å². The van der Waals surface area contributed by atoms with Crippen LogP contribution < -0.4 is 5.32 Å². The molecule has 2 heterocycles. The van der Waals surface area contributed by atoms with Crippen LogP contribution in [0.4, 0.5) is 0 Å². The first-order valence-electron chi connectivity index (χ1n) is 7.86. The minimum atomic E-state index is 0.691. The summed E-state index contributed by atoms with van der Waals surface area (Å²) >= 11 is 0. The average molecular weight is 288 g/mol. The molecule has 2 aromatic rings. The molecule has 0 amide bonds. The Balaban J connectivity index is 1.86. The summed E-state index contributed by atoms with van der Waals surface area (Å²) in [5.74, 6) is 0.941. The summed E-state index contributed by atoms with van der Waals surface area (Å²) in [4.78, 5) is 4.31. The van der Waals surface area contributed by atoms with Gasteiger partial charge < -0.3 is 5.32 Å². The zero-order chi connectivity index (χ0) is 14.8. The zero-order valence-electron chi connectivity index (χ0n) is 13.1. The molecule has 0 aliphatic heterocycles. The second kappa shape index (κ2) is 5.97. The van der Waals surface area contributed by atoms with E-state index in [0.29, 0.717) is 6.54 Å². The number of hydrogen-bond acceptors (Lipinski definition) is 4. The molecule has 1 fully saturated rings. The molecule has 21 heavy (non-hydrogen) atoms. The van der Waals surface area contributed by atoms with Crippen molar-refractivity contribution in [1.29, 1.82) is 0 Å². The van der Waals surface area contributed by atoms with E-state index in [1.54, 1.807) is 6.33 Å². The Kier molecular flexibility index (Phi) is 4.05. The van der Waals surface area contributed by atoms with Gasteiger partial charge in [-0.2, -0.15) is 10.2 Å². The average Bonchev–Trinajstić information content (AvgIpc) is 3.14. The van der Waals surface area contributed by atoms with Crippen LogP contribution in [0.3, 0.4) is 0 Å². The molecule has 0 bridgehead atoms. The molecule has 3 rings (SSSR count). The summed E-state index contributed by atoms with van der Waals surface area (Å²) in [5, 5.41) is 12.6. The van der Waals surface area contributed by atoms with Crippen molar-refractivity contribution >= 4 is 0 Å². The fourth-order valence-corrected chi connectivity index (χ4v) is 2.73. The van der Waals surface area contributed by atoms with E-state index < -0.39 is 0 Å². The number of aromatic nitrogens is 5. The lowest BCUT2D eigenvalue weighted by atomic mass is 10.1. The van der Waals surface area contributed by atoms with Crippen LogP contribution in [-0.2, 0) is 33.0 Å². The maximum atomic E-state index is 4.81. The van der Waals surface area contributed by atoms with Crippen molar-refractivity contribution in [3.05, 3.63) is 29.1 Å². The second-order valence-corrected chi connectivity index (χ2v) is 5.69. The van der Waals surface area contributed by atoms with Gasteiger partial charge >= 0.3 is 0 Å². The third-order valence-electron chi connectivity index (χ3n) is 4.16. The van der Waals surface area contributed by atoms with Gasteiger partial charge in [0.2, 0.25) is 0 Å². The molecule has 1 aliphatic carbocycles. The topological polar surface area (TPSA) is 60.6 Å². The van der Waals surface area contributed by atoms with E-state index in [4.69, 9.17) is 5.10 Å². The second-order valence-electron chi connectivity index (χ2n) is 5.69. The smallest absolute Gasteiger partial charge is 0.148 e. The summed E-state index contributed by atoms with van der Waals surface area (Å²) in [7, 11) is 1.92. The lowest BCUT2D eigenvalue weighted by molar-refractivity contribution is 0.581. The largest absolute Gasteiger partial charge is 0.310 e. The summed E-state index contributed by atoms with van der Waals surface area (Å²) in [6.45, 7) is 6.01. The lowest BCUT2D eigenvalue weighted by Gasteiger charge is -2.08. The van der Waals surface area contributed by atoms with E-state index in [1.807, 2.05) is 11.7 Å². The normalized spacial score (nSPS) is 14.8.